The van der Waals surface area contributed by atoms with Gasteiger partial charge in [-0.25, -0.2) is 4.98 Å². The van der Waals surface area contributed by atoms with Crippen LogP contribution in [0.4, 0.5) is 5.69 Å². The maximum absolute atomic E-state index is 12.1. The van der Waals surface area contributed by atoms with Gasteiger partial charge in [0.05, 0.1) is 23.3 Å². The van der Waals surface area contributed by atoms with Crippen LogP contribution >= 0.6 is 11.8 Å². The van der Waals surface area contributed by atoms with Gasteiger partial charge in [-0.3, -0.25) is 9.59 Å². The molecule has 3 aromatic rings. The number of nitrogens with two attached hydrogens (primary N) is 1. The Balaban J connectivity index is 1.50. The van der Waals surface area contributed by atoms with Crippen LogP contribution < -0.4 is 15.8 Å². The molecule has 3 N–H and O–H groups in total. The Morgan fingerprint density at radius 2 is 2.07 bits per heavy atom. The van der Waals surface area contributed by atoms with Gasteiger partial charge < -0.3 is 20.3 Å². The second-order valence-electron chi connectivity index (χ2n) is 6.22. The van der Waals surface area contributed by atoms with E-state index in [1.54, 1.807) is 30.3 Å². The number of nitrogens with one attached hydrogen (secondary N) is 1. The lowest BCUT2D eigenvalue weighted by atomic mass is 10.2. The average molecular weight is 412 g/mol. The fraction of sp³-hybridized carbons (Fsp3) is 0.200. The molecule has 0 atom stereocenters. The van der Waals surface area contributed by atoms with E-state index in [-0.39, 0.29) is 5.91 Å². The normalized spacial score (nSPS) is 10.6. The summed E-state index contributed by atoms with van der Waals surface area (Å²) < 4.78 is 10.7. The molecular formula is C20H20N4O4S. The third-order valence-corrected chi connectivity index (χ3v) is 4.98. The molecule has 29 heavy (non-hydrogen) atoms. The number of benzene rings is 1. The van der Waals surface area contributed by atoms with E-state index in [1.165, 1.54) is 24.0 Å². The quantitative estimate of drug-likeness (QED) is 0.581. The van der Waals surface area contributed by atoms with Crippen LogP contribution in [0.1, 0.15) is 27.4 Å². The van der Waals surface area contributed by atoms with Crippen molar-refractivity contribution in [3.63, 3.8) is 0 Å². The first-order chi connectivity index (χ1) is 13.9. The van der Waals surface area contributed by atoms with E-state index in [2.05, 4.69) is 15.5 Å². The third kappa shape index (κ3) is 5.58. The summed E-state index contributed by atoms with van der Waals surface area (Å²) in [5, 5.41) is 6.69. The fourth-order valence-electron chi connectivity index (χ4n) is 2.50. The number of hydrogen-bond donors (Lipinski definition) is 2. The van der Waals surface area contributed by atoms with Crippen molar-refractivity contribution in [2.24, 2.45) is 5.73 Å². The van der Waals surface area contributed by atoms with Crippen LogP contribution in [0.25, 0.3) is 0 Å². The van der Waals surface area contributed by atoms with Crippen LogP contribution in [0.5, 0.6) is 11.6 Å². The number of pyridine rings is 1. The summed E-state index contributed by atoms with van der Waals surface area (Å²) in [7, 11) is 0. The zero-order chi connectivity index (χ0) is 20.8. The number of nitrogens with zero attached hydrogens (tertiary/aromatic N) is 2. The van der Waals surface area contributed by atoms with Crippen LogP contribution in [0.15, 0.2) is 47.1 Å². The highest BCUT2D eigenvalue weighted by atomic mass is 32.2. The van der Waals surface area contributed by atoms with Crippen LogP contribution in [-0.2, 0) is 10.5 Å². The molecule has 0 saturated carbocycles. The summed E-state index contributed by atoms with van der Waals surface area (Å²) in [5.74, 6) is 1.84. The smallest absolute Gasteiger partial charge is 0.248 e. The van der Waals surface area contributed by atoms with Crippen LogP contribution in [0.3, 0.4) is 0 Å². The highest BCUT2D eigenvalue weighted by Gasteiger charge is 2.11. The van der Waals surface area contributed by atoms with Gasteiger partial charge in [-0.05, 0) is 38.1 Å². The predicted molar refractivity (Wildman–Crippen MR) is 110 cm³/mol. The number of carbonyl (C=O) groups excluding carboxylic acids is 2. The molecule has 0 aliphatic heterocycles. The minimum atomic E-state index is -0.534. The lowest BCUT2D eigenvalue weighted by Gasteiger charge is -2.08. The summed E-state index contributed by atoms with van der Waals surface area (Å²) in [4.78, 5) is 27.5. The zero-order valence-electron chi connectivity index (χ0n) is 16.0. The van der Waals surface area contributed by atoms with Crippen molar-refractivity contribution >= 4 is 29.3 Å². The molecule has 150 valence electrons. The summed E-state index contributed by atoms with van der Waals surface area (Å²) >= 11 is 1.48. The van der Waals surface area contributed by atoms with Crippen molar-refractivity contribution < 1.29 is 18.8 Å². The standard InChI is InChI=1S/C20H20N4O4S/c1-12-17(13(2)28-24-12)10-29-11-18(25)23-15-6-7-19(22-9-15)27-16-5-3-4-14(8-16)20(21)26/h3-9H,10-11H2,1-2H3,(H2,21,26)(H,23,25). The fourth-order valence-corrected chi connectivity index (χ4v) is 3.47. The van der Waals surface area contributed by atoms with Crippen LogP contribution in [-0.4, -0.2) is 27.7 Å². The third-order valence-electron chi connectivity index (χ3n) is 4.02. The molecule has 0 unspecified atom stereocenters. The van der Waals surface area contributed by atoms with Crippen molar-refractivity contribution in [2.75, 3.05) is 11.1 Å². The lowest BCUT2D eigenvalue weighted by Crippen LogP contribution is -2.14. The Kier molecular flexibility index (Phi) is 6.50. The van der Waals surface area contributed by atoms with Crippen LogP contribution in [0, 0.1) is 13.8 Å². The molecule has 0 spiro atoms. The van der Waals surface area contributed by atoms with Gasteiger partial charge in [-0.15, -0.1) is 11.8 Å². The molecule has 2 amide bonds. The molecule has 8 nitrogen and oxygen atoms in total. The Morgan fingerprint density at radius 1 is 1.24 bits per heavy atom. The molecule has 1 aromatic carbocycles. The SMILES string of the molecule is Cc1noc(C)c1CSCC(=O)Nc1ccc(Oc2cccc(C(N)=O)c2)nc1. The summed E-state index contributed by atoms with van der Waals surface area (Å²) in [6, 6.07) is 9.83. The van der Waals surface area contributed by atoms with E-state index in [0.29, 0.717) is 34.4 Å². The molecule has 0 bridgehead atoms. The summed E-state index contributed by atoms with van der Waals surface area (Å²) in [5.41, 5.74) is 8.03. The van der Waals surface area contributed by atoms with Crippen molar-refractivity contribution in [3.05, 3.63) is 65.2 Å². The van der Waals surface area contributed by atoms with Gasteiger partial charge in [-0.2, -0.15) is 0 Å². The van der Waals surface area contributed by atoms with E-state index in [4.69, 9.17) is 15.0 Å². The molecule has 0 saturated heterocycles. The minimum Gasteiger partial charge on any atom is -0.439 e. The first kappa shape index (κ1) is 20.4. The van der Waals surface area contributed by atoms with Gasteiger partial charge in [0, 0.05) is 22.9 Å². The predicted octanol–water partition coefficient (Wildman–Crippen LogP) is 3.45. The van der Waals surface area contributed by atoms with E-state index in [9.17, 15) is 9.59 Å². The number of primary amides is 1. The molecule has 0 fully saturated rings. The Labute approximate surface area is 171 Å². The molecule has 3 rings (SSSR count). The van der Waals surface area contributed by atoms with Crippen molar-refractivity contribution in [1.29, 1.82) is 0 Å². The number of ether oxygens (including phenoxy) is 1. The van der Waals surface area contributed by atoms with E-state index >= 15 is 0 Å². The second kappa shape index (κ2) is 9.24. The topological polar surface area (TPSA) is 120 Å². The number of amides is 2. The van der Waals surface area contributed by atoms with Gasteiger partial charge in [0.2, 0.25) is 17.7 Å². The Morgan fingerprint density at radius 3 is 2.72 bits per heavy atom. The van der Waals surface area contributed by atoms with Crippen molar-refractivity contribution in [3.8, 4) is 11.6 Å². The lowest BCUT2D eigenvalue weighted by molar-refractivity contribution is -0.113. The first-order valence-electron chi connectivity index (χ1n) is 8.75. The van der Waals surface area contributed by atoms with E-state index < -0.39 is 5.91 Å². The number of aromatic nitrogens is 2. The summed E-state index contributed by atoms with van der Waals surface area (Å²) in [6.07, 6.45) is 1.50. The number of hydrogen-bond acceptors (Lipinski definition) is 7. The van der Waals surface area contributed by atoms with Gasteiger partial charge in [0.1, 0.15) is 11.5 Å². The highest BCUT2D eigenvalue weighted by molar-refractivity contribution is 7.99. The number of rotatable bonds is 8. The average Bonchev–Trinajstić information content (AvgIpc) is 3.02. The summed E-state index contributed by atoms with van der Waals surface area (Å²) in [6.45, 7) is 3.74. The molecule has 0 aliphatic rings. The van der Waals surface area contributed by atoms with Gasteiger partial charge >= 0.3 is 0 Å². The highest BCUT2D eigenvalue weighted by Crippen LogP contribution is 2.22. The van der Waals surface area contributed by atoms with E-state index in [0.717, 1.165) is 17.0 Å². The van der Waals surface area contributed by atoms with Crippen molar-refractivity contribution in [1.82, 2.24) is 10.1 Å². The molecule has 0 aliphatic carbocycles. The second-order valence-corrected chi connectivity index (χ2v) is 7.21. The van der Waals surface area contributed by atoms with E-state index in [1.807, 2.05) is 13.8 Å². The first-order valence-corrected chi connectivity index (χ1v) is 9.91. The monoisotopic (exact) mass is 412 g/mol. The minimum absolute atomic E-state index is 0.133. The Bertz CT molecular complexity index is 998. The molecule has 0 radical (unpaired) electrons. The maximum Gasteiger partial charge on any atom is 0.248 e. The molecule has 9 heteroatoms. The number of aryl methyl sites for hydroxylation is 2. The molecule has 2 heterocycles. The molecular weight excluding hydrogens is 392 g/mol. The number of thioether (sulfide) groups is 1. The number of carbonyl (C=O) groups is 2. The molecule has 2 aromatic heterocycles. The zero-order valence-corrected chi connectivity index (χ0v) is 16.8. The van der Waals surface area contributed by atoms with Gasteiger partial charge in [0.15, 0.2) is 0 Å². The Hall–Kier alpha value is -3.33. The largest absolute Gasteiger partial charge is 0.439 e. The van der Waals surface area contributed by atoms with Gasteiger partial charge in [0.25, 0.3) is 0 Å². The van der Waals surface area contributed by atoms with Crippen LogP contribution in [0.2, 0.25) is 0 Å². The van der Waals surface area contributed by atoms with Gasteiger partial charge in [-0.1, -0.05) is 11.2 Å². The van der Waals surface area contributed by atoms with Crippen molar-refractivity contribution in [2.45, 2.75) is 19.6 Å². The number of anilines is 1. The maximum atomic E-state index is 12.1.